The summed E-state index contributed by atoms with van der Waals surface area (Å²) in [4.78, 5) is 98.8. The Hall–Kier alpha value is -5.59. The largest absolute Gasteiger partial charge is 0.445 e. The molecule has 6 N–H and O–H groups in total. The lowest BCUT2D eigenvalue weighted by Gasteiger charge is -2.41. The Labute approximate surface area is 434 Å². The number of methoxy groups -OCH3 is 2. The molecule has 2 aromatic rings. The first kappa shape index (κ1) is 61.7. The van der Waals surface area contributed by atoms with E-state index in [1.54, 1.807) is 74.0 Å². The minimum Gasteiger partial charge on any atom is -0.445 e. The molecule has 0 unspecified atom stereocenters. The molecular formula is C55H87N7O11. The molecule has 408 valence electrons. The van der Waals surface area contributed by atoms with E-state index < -0.39 is 66.4 Å². The Kier molecular flexibility index (Phi) is 25.3. The number of nitrogens with zero attached hydrogens (tertiary/aromatic N) is 3. The summed E-state index contributed by atoms with van der Waals surface area (Å²) in [6.45, 7) is 17.5. The molecule has 3 rings (SSSR count). The van der Waals surface area contributed by atoms with Crippen molar-refractivity contribution >= 4 is 47.2 Å². The second-order valence-corrected chi connectivity index (χ2v) is 20.6. The third-order valence-corrected chi connectivity index (χ3v) is 14.6. The summed E-state index contributed by atoms with van der Waals surface area (Å²) >= 11 is 0. The van der Waals surface area contributed by atoms with E-state index in [9.17, 15) is 38.7 Å². The van der Waals surface area contributed by atoms with Gasteiger partial charge in [0.05, 0.1) is 54.8 Å². The van der Waals surface area contributed by atoms with E-state index in [0.29, 0.717) is 62.0 Å². The molecule has 2 aromatic carbocycles. The zero-order valence-electron chi connectivity index (χ0n) is 45.7. The second kappa shape index (κ2) is 29.9. The number of nitrogens with one attached hydrogen (secondary N) is 3. The summed E-state index contributed by atoms with van der Waals surface area (Å²) in [5.41, 5.74) is 7.02. The molecular weight excluding hydrogens is 935 g/mol. The molecule has 0 saturated carbocycles. The van der Waals surface area contributed by atoms with Gasteiger partial charge in [0.2, 0.25) is 23.6 Å². The number of likely N-dealkylation sites (N-methyl/N-ethyl adjacent to an activating group) is 2. The quantitative estimate of drug-likeness (QED) is 0.0538. The van der Waals surface area contributed by atoms with Crippen LogP contribution in [-0.2, 0) is 44.8 Å². The van der Waals surface area contributed by atoms with Crippen molar-refractivity contribution in [3.63, 3.8) is 0 Å². The number of aliphatic hydroxyl groups is 1. The van der Waals surface area contributed by atoms with Crippen molar-refractivity contribution in [3.8, 4) is 0 Å². The minimum absolute atomic E-state index is 0.0371. The lowest BCUT2D eigenvalue weighted by molar-refractivity contribution is -0.149. The summed E-state index contributed by atoms with van der Waals surface area (Å²) in [6.07, 6.45) is 0.0413. The highest BCUT2D eigenvalue weighted by Gasteiger charge is 2.44. The van der Waals surface area contributed by atoms with Gasteiger partial charge in [-0.15, -0.1) is 0 Å². The Morgan fingerprint density at radius 1 is 0.836 bits per heavy atom. The van der Waals surface area contributed by atoms with Crippen molar-refractivity contribution in [1.29, 1.82) is 0 Å². The molecule has 1 heterocycles. The van der Waals surface area contributed by atoms with E-state index in [1.807, 2.05) is 59.7 Å². The van der Waals surface area contributed by atoms with E-state index in [0.717, 1.165) is 0 Å². The predicted molar refractivity (Wildman–Crippen MR) is 281 cm³/mol. The summed E-state index contributed by atoms with van der Waals surface area (Å²) in [6, 6.07) is 13.0. The first-order valence-corrected chi connectivity index (χ1v) is 26.0. The highest BCUT2D eigenvalue weighted by Crippen LogP contribution is 2.32. The van der Waals surface area contributed by atoms with Gasteiger partial charge in [-0.25, -0.2) is 9.59 Å². The fourth-order valence-electron chi connectivity index (χ4n) is 9.98. The molecule has 0 aliphatic carbocycles. The number of primary amides is 1. The van der Waals surface area contributed by atoms with Gasteiger partial charge in [-0.3, -0.25) is 24.0 Å². The van der Waals surface area contributed by atoms with Crippen LogP contribution in [0.5, 0.6) is 0 Å². The molecule has 0 aromatic heterocycles. The Morgan fingerprint density at radius 3 is 2.04 bits per heavy atom. The number of amides is 7. The van der Waals surface area contributed by atoms with Crippen molar-refractivity contribution in [2.75, 3.05) is 46.7 Å². The molecule has 1 fully saturated rings. The average Bonchev–Trinajstić information content (AvgIpc) is 3.85. The summed E-state index contributed by atoms with van der Waals surface area (Å²) < 4.78 is 17.7. The molecule has 18 nitrogen and oxygen atoms in total. The first-order chi connectivity index (χ1) is 34.5. The smallest absolute Gasteiger partial charge is 0.410 e. The number of urea groups is 1. The van der Waals surface area contributed by atoms with E-state index >= 15 is 0 Å². The normalized spacial score (nSPS) is 17.8. The van der Waals surface area contributed by atoms with Crippen LogP contribution >= 0.6 is 0 Å². The van der Waals surface area contributed by atoms with Gasteiger partial charge in [-0.1, -0.05) is 104 Å². The van der Waals surface area contributed by atoms with Crippen molar-refractivity contribution in [1.82, 2.24) is 25.3 Å². The second-order valence-electron chi connectivity index (χ2n) is 20.6. The third kappa shape index (κ3) is 17.8. The van der Waals surface area contributed by atoms with Gasteiger partial charge in [0.1, 0.15) is 6.61 Å². The van der Waals surface area contributed by atoms with Crippen LogP contribution in [0.3, 0.4) is 0 Å². The molecule has 11 atom stereocenters. The monoisotopic (exact) mass is 1020 g/mol. The van der Waals surface area contributed by atoms with Crippen LogP contribution in [0.2, 0.25) is 0 Å². The van der Waals surface area contributed by atoms with Crippen molar-refractivity contribution < 1.29 is 52.9 Å². The lowest BCUT2D eigenvalue weighted by atomic mass is 9.83. The van der Waals surface area contributed by atoms with Crippen LogP contribution in [0.1, 0.15) is 124 Å². The summed E-state index contributed by atoms with van der Waals surface area (Å²) in [5, 5.41) is 19.2. The maximum atomic E-state index is 14.7. The fourth-order valence-corrected chi connectivity index (χ4v) is 9.98. The number of benzene rings is 2. The maximum absolute atomic E-state index is 14.7. The highest BCUT2D eigenvalue weighted by molar-refractivity contribution is 5.93. The number of Topliss-reactive ketones (excluding diaryl/α,β-unsaturated/α-hetero) is 1. The Bertz CT molecular complexity index is 2090. The third-order valence-electron chi connectivity index (χ3n) is 14.6. The van der Waals surface area contributed by atoms with Crippen LogP contribution in [0.15, 0.2) is 54.6 Å². The van der Waals surface area contributed by atoms with Gasteiger partial charge < -0.3 is 55.7 Å². The van der Waals surface area contributed by atoms with Crippen molar-refractivity contribution in [2.24, 2.45) is 41.2 Å². The molecule has 73 heavy (non-hydrogen) atoms. The number of likely N-dealkylation sites (tertiary alicyclic amines) is 1. The maximum Gasteiger partial charge on any atom is 0.410 e. The van der Waals surface area contributed by atoms with Gasteiger partial charge in [0, 0.05) is 65.3 Å². The predicted octanol–water partition coefficient (Wildman–Crippen LogP) is 6.69. The van der Waals surface area contributed by atoms with Crippen LogP contribution in [-0.4, -0.2) is 139 Å². The zero-order chi connectivity index (χ0) is 54.7. The van der Waals surface area contributed by atoms with Crippen molar-refractivity contribution in [3.05, 3.63) is 65.7 Å². The number of ketones is 1. The molecule has 18 heteroatoms. The number of carbonyl (C=O) groups is 7. The van der Waals surface area contributed by atoms with Crippen LogP contribution in [0.4, 0.5) is 15.3 Å². The Balaban J connectivity index is 1.68. The minimum atomic E-state index is -0.913. The molecule has 1 aliphatic rings. The Morgan fingerprint density at radius 2 is 1.48 bits per heavy atom. The summed E-state index contributed by atoms with van der Waals surface area (Å²) in [5.74, 6) is -3.60. The van der Waals surface area contributed by atoms with Gasteiger partial charge in [0.25, 0.3) is 0 Å². The topological polar surface area (TPSA) is 239 Å². The number of hydrogen-bond acceptors (Lipinski definition) is 11. The molecule has 7 amide bonds. The van der Waals surface area contributed by atoms with Crippen molar-refractivity contribution in [2.45, 2.75) is 156 Å². The standard InChI is InChI=1S/C55H87N7O11/c1-14-35(6)48(45(71-12)31-46(64)62-29-19-23-43(62)50(72-13)37(8)52(67)58-38(9)49(65)40-21-16-15-17-22-40)60(10)53(68)42(33(2)3)30-44(63)47(34(4)5)61(11)55(70)73-32-39-24-26-41(27-25-39)59-51(66)36(7)20-18-28-57-54(56)69/h15-17,21-22,24-27,33-38,42-43,45,47-50,65H,14,18-20,23,28-32H2,1-13H3,(H,58,67)(H,59,66)(H3,56,57,69)/t35-,36-,37+,38+,42-,43-,45+,47-,48-,49+,50+/m0/s1. The zero-order valence-corrected chi connectivity index (χ0v) is 45.7. The van der Waals surface area contributed by atoms with E-state index in [1.165, 1.54) is 26.2 Å². The number of hydrogen-bond donors (Lipinski definition) is 5. The van der Waals surface area contributed by atoms with Crippen LogP contribution < -0.4 is 21.7 Å². The van der Waals surface area contributed by atoms with Gasteiger partial charge in [-0.2, -0.15) is 0 Å². The number of aliphatic hydroxyl groups excluding tert-OH is 1. The molecule has 0 spiro atoms. The lowest BCUT2D eigenvalue weighted by Crippen LogP contribution is -2.55. The first-order valence-electron chi connectivity index (χ1n) is 26.0. The average molecular weight is 1020 g/mol. The highest BCUT2D eigenvalue weighted by atomic mass is 16.6. The van der Waals surface area contributed by atoms with Gasteiger partial charge in [0.15, 0.2) is 5.78 Å². The van der Waals surface area contributed by atoms with Gasteiger partial charge in [-0.05, 0) is 73.6 Å². The SMILES string of the molecule is CC[C@H](C)[C@@H]([C@@H](CC(=O)N1CCC[C@H]1[C@H](OC)[C@@H](C)C(=O)N[C@H](C)[C@@H](O)c1ccccc1)OC)N(C)C(=O)[C@@H](CC(=O)[C@H](C(C)C)N(C)C(=O)OCc1ccc(NC(=O)[C@@H](C)CCCNC(N)=O)cc1)C(C)C. The number of carbonyl (C=O) groups excluding carboxylic acids is 7. The summed E-state index contributed by atoms with van der Waals surface area (Å²) in [7, 11) is 6.28. The molecule has 1 saturated heterocycles. The molecule has 1 aliphatic heterocycles. The van der Waals surface area contributed by atoms with Crippen LogP contribution in [0.25, 0.3) is 0 Å². The number of ether oxygens (including phenoxy) is 3. The van der Waals surface area contributed by atoms with E-state index in [4.69, 9.17) is 19.9 Å². The number of nitrogens with two attached hydrogens (primary N) is 1. The van der Waals surface area contributed by atoms with E-state index in [-0.39, 0.29) is 72.5 Å². The fraction of sp³-hybridized carbons (Fsp3) is 0.655. The number of anilines is 1. The van der Waals surface area contributed by atoms with E-state index in [2.05, 4.69) is 16.0 Å². The van der Waals surface area contributed by atoms with Crippen LogP contribution in [0, 0.1) is 35.5 Å². The molecule has 0 bridgehead atoms. The van der Waals surface area contributed by atoms with Gasteiger partial charge >= 0.3 is 12.1 Å². The number of rotatable bonds is 29. The molecule has 0 radical (unpaired) electrons.